The zero-order valence-corrected chi connectivity index (χ0v) is 5.06. The van der Waals surface area contributed by atoms with E-state index in [0.29, 0.717) is 0 Å². The van der Waals surface area contributed by atoms with Crippen LogP contribution >= 0.6 is 0 Å². The third kappa shape index (κ3) is 0.950. The summed E-state index contributed by atoms with van der Waals surface area (Å²) < 4.78 is 71.4. The van der Waals surface area contributed by atoms with E-state index in [1.54, 1.807) is 0 Å². The summed E-state index contributed by atoms with van der Waals surface area (Å²) in [6.07, 6.45) is 0. The molecule has 4 nitrogen and oxygen atoms in total. The van der Waals surface area contributed by atoms with Crippen LogP contribution in [0.4, 0.5) is 26.7 Å². The average Bonchev–Trinajstić information content (AvgIpc) is 2.08. The summed E-state index contributed by atoms with van der Waals surface area (Å²) in [4.78, 5) is -3.41. The fourth-order valence-corrected chi connectivity index (χ4v) is 0.427. The molecule has 0 aliphatic rings. The Balaban J connectivity index is 3.60. The predicted molar refractivity (Wildman–Crippen MR) is 22.0 cm³/mol. The van der Waals surface area contributed by atoms with E-state index in [0.717, 1.165) is 0 Å². The molecular formula is C2F6N4. The Morgan fingerprint density at radius 3 is 1.17 bits per heavy atom. The second-order valence-electron chi connectivity index (χ2n) is 1.58. The molecule has 0 N–H and O–H groups in total. The molecule has 0 amide bonds. The Labute approximate surface area is 59.8 Å². The van der Waals surface area contributed by atoms with Gasteiger partial charge in [-0.05, 0) is 9.81 Å². The van der Waals surface area contributed by atoms with E-state index >= 15 is 0 Å². The van der Waals surface area contributed by atoms with Crippen LogP contribution in [-0.4, -0.2) is 19.8 Å². The second kappa shape index (κ2) is 2.53. The van der Waals surface area contributed by atoms with Crippen LogP contribution in [0.2, 0.25) is 0 Å². The Bertz CT molecular complexity index is 232. The molecule has 0 atom stereocenters. The van der Waals surface area contributed by atoms with Crippen LogP contribution in [0.25, 0.3) is 0 Å². The Morgan fingerprint density at radius 2 is 0.917 bits per heavy atom. The van der Waals surface area contributed by atoms with Gasteiger partial charge in [0, 0.05) is 10.0 Å². The molecule has 1 aromatic heterocycles. The number of hydrogen-bond donors (Lipinski definition) is 0. The molecule has 1 heterocycles. The summed E-state index contributed by atoms with van der Waals surface area (Å²) in [7, 11) is 0. The lowest BCUT2D eigenvalue weighted by atomic mass is 10.8. The highest BCUT2D eigenvalue weighted by atomic mass is 19.3. The van der Waals surface area contributed by atoms with Crippen molar-refractivity contribution in [2.45, 2.75) is 0 Å². The van der Waals surface area contributed by atoms with Gasteiger partial charge in [-0.25, -0.2) is 0 Å². The van der Waals surface area contributed by atoms with E-state index in [9.17, 15) is 26.7 Å². The van der Waals surface area contributed by atoms with Crippen LogP contribution in [0, 0.1) is 11.9 Å². The summed E-state index contributed by atoms with van der Waals surface area (Å²) in [5.74, 6) is -5.09. The third-order valence-corrected chi connectivity index (χ3v) is 0.920. The maximum absolute atomic E-state index is 11.9. The van der Waals surface area contributed by atoms with Gasteiger partial charge >= 0.3 is 11.9 Å². The number of hydrogen-bond acceptors (Lipinski definition) is 0. The van der Waals surface area contributed by atoms with Crippen molar-refractivity contribution in [3.63, 3.8) is 0 Å². The van der Waals surface area contributed by atoms with Crippen LogP contribution in [0.1, 0.15) is 0 Å². The van der Waals surface area contributed by atoms with Gasteiger partial charge in [0.15, 0.2) is 0 Å². The molecule has 0 aliphatic heterocycles. The molecule has 0 aliphatic carbocycles. The molecule has 0 saturated heterocycles. The van der Waals surface area contributed by atoms with Crippen molar-refractivity contribution in [3.05, 3.63) is 11.9 Å². The first kappa shape index (κ1) is 8.62. The zero-order chi connectivity index (χ0) is 9.46. The minimum atomic E-state index is -2.55. The van der Waals surface area contributed by atoms with Gasteiger partial charge in [0.25, 0.3) is 0 Å². The number of aromatic nitrogens is 4. The van der Waals surface area contributed by atoms with Gasteiger partial charge in [-0.15, -0.1) is 0 Å². The topological polar surface area (TPSA) is 19.7 Å². The molecule has 12 heavy (non-hydrogen) atoms. The van der Waals surface area contributed by atoms with E-state index < -0.39 is 31.7 Å². The smallest absolute Gasteiger partial charge is 0.177 e. The van der Waals surface area contributed by atoms with Crippen LogP contribution in [0.3, 0.4) is 0 Å². The first-order chi connectivity index (χ1) is 5.46. The second-order valence-corrected chi connectivity index (χ2v) is 1.58. The monoisotopic (exact) mass is 194 g/mol. The highest BCUT2D eigenvalue weighted by Gasteiger charge is 2.19. The summed E-state index contributed by atoms with van der Waals surface area (Å²) in [6, 6.07) is 0. The van der Waals surface area contributed by atoms with Crippen LogP contribution in [0.5, 0.6) is 0 Å². The van der Waals surface area contributed by atoms with Gasteiger partial charge < -0.3 is 0 Å². The van der Waals surface area contributed by atoms with Gasteiger partial charge in [0.2, 0.25) is 0 Å². The van der Waals surface area contributed by atoms with E-state index in [2.05, 4.69) is 0 Å². The van der Waals surface area contributed by atoms with Crippen LogP contribution in [0.15, 0.2) is 0 Å². The SMILES string of the molecule is Fc1c(F)n(F)n(F)n(F)n1F. The standard InChI is InChI=1S/C2F6N4/c3-1-2(4)10(6)12(8)11(7)9(1)5. The summed E-state index contributed by atoms with van der Waals surface area (Å²) in [6.45, 7) is 0. The van der Waals surface area contributed by atoms with E-state index in [4.69, 9.17) is 0 Å². The van der Waals surface area contributed by atoms with E-state index in [1.807, 2.05) is 0 Å². The number of rotatable bonds is 0. The quantitative estimate of drug-likeness (QED) is 0.553. The average molecular weight is 194 g/mol. The van der Waals surface area contributed by atoms with Crippen LogP contribution < -0.4 is 0 Å². The fraction of sp³-hybridized carbons (Fsp3) is 0. The highest BCUT2D eigenvalue weighted by Crippen LogP contribution is 2.06. The zero-order valence-electron chi connectivity index (χ0n) is 5.06. The van der Waals surface area contributed by atoms with Crippen molar-refractivity contribution in [3.8, 4) is 0 Å². The Morgan fingerprint density at radius 1 is 0.667 bits per heavy atom. The molecule has 0 spiro atoms. The molecule has 0 unspecified atom stereocenters. The first-order valence-corrected chi connectivity index (χ1v) is 2.35. The normalized spacial score (nSPS) is 10.5. The number of nitrogens with zero attached hydrogens (tertiary/aromatic N) is 4. The molecule has 10 heteroatoms. The van der Waals surface area contributed by atoms with Gasteiger partial charge in [-0.3, -0.25) is 0 Å². The summed E-state index contributed by atoms with van der Waals surface area (Å²) in [5.41, 5.74) is 0. The lowest BCUT2D eigenvalue weighted by Crippen LogP contribution is -2.24. The van der Waals surface area contributed by atoms with Gasteiger partial charge in [-0.1, -0.05) is 17.9 Å². The molecule has 1 rings (SSSR count). The minimum Gasteiger partial charge on any atom is -0.177 e. The highest BCUT2D eigenvalue weighted by molar-refractivity contribution is 4.73. The van der Waals surface area contributed by atoms with Crippen LogP contribution in [-0.2, 0) is 0 Å². The van der Waals surface area contributed by atoms with Crippen molar-refractivity contribution in [1.29, 1.82) is 0 Å². The third-order valence-electron chi connectivity index (χ3n) is 0.920. The molecule has 0 radical (unpaired) electrons. The van der Waals surface area contributed by atoms with Gasteiger partial charge in [-0.2, -0.15) is 8.78 Å². The minimum absolute atomic E-state index is 1.70. The maximum Gasteiger partial charge on any atom is 0.302 e. The first-order valence-electron chi connectivity index (χ1n) is 2.35. The van der Waals surface area contributed by atoms with E-state index in [1.165, 1.54) is 0 Å². The van der Waals surface area contributed by atoms with E-state index in [-0.39, 0.29) is 0 Å². The largest absolute Gasteiger partial charge is 0.302 e. The molecule has 0 fully saturated rings. The molecule has 0 bridgehead atoms. The fourth-order valence-electron chi connectivity index (χ4n) is 0.427. The summed E-state index contributed by atoms with van der Waals surface area (Å²) in [5, 5.41) is -3.53. The molecular weight excluding hydrogens is 194 g/mol. The molecule has 0 saturated carbocycles. The molecule has 0 aromatic carbocycles. The van der Waals surface area contributed by atoms with Crippen molar-refractivity contribution in [2.24, 2.45) is 0 Å². The lowest BCUT2D eigenvalue weighted by Gasteiger charge is -2.06. The predicted octanol–water partition coefficient (Wildman–Crippen LogP) is 1.23. The lowest BCUT2D eigenvalue weighted by molar-refractivity contribution is -0.0841. The Hall–Kier alpha value is -1.48. The van der Waals surface area contributed by atoms with Crippen molar-refractivity contribution >= 4 is 0 Å². The molecule has 70 valence electrons. The van der Waals surface area contributed by atoms with Gasteiger partial charge in [0.1, 0.15) is 0 Å². The molecule has 1 aromatic rings. The van der Waals surface area contributed by atoms with Gasteiger partial charge in [0.05, 0.1) is 0 Å². The summed E-state index contributed by atoms with van der Waals surface area (Å²) >= 11 is 0. The maximum atomic E-state index is 11.9. The number of halogens is 6. The van der Waals surface area contributed by atoms with Crippen molar-refractivity contribution in [1.82, 2.24) is 19.8 Å². The van der Waals surface area contributed by atoms with Crippen molar-refractivity contribution in [2.75, 3.05) is 0 Å². The Kier molecular flexibility index (Phi) is 1.82. The van der Waals surface area contributed by atoms with Crippen molar-refractivity contribution < 1.29 is 26.7 Å².